The van der Waals surface area contributed by atoms with E-state index >= 15 is 0 Å². The third-order valence-electron chi connectivity index (χ3n) is 5.65. The third kappa shape index (κ3) is 3.21. The summed E-state index contributed by atoms with van der Waals surface area (Å²) >= 11 is 0. The van der Waals surface area contributed by atoms with Crippen molar-refractivity contribution in [1.82, 2.24) is 30.2 Å². The monoisotopic (exact) mass is 417 g/mol. The Hall–Kier alpha value is -4.08. The Kier molecular flexibility index (Phi) is 4.28. The zero-order valence-corrected chi connectivity index (χ0v) is 16.7. The fourth-order valence-electron chi connectivity index (χ4n) is 4.01. The van der Waals surface area contributed by atoms with Gasteiger partial charge in [-0.15, -0.1) is 5.10 Å². The molecule has 0 saturated carbocycles. The number of nitrogens with zero attached hydrogens (tertiary/aromatic N) is 5. The van der Waals surface area contributed by atoms with Crippen molar-refractivity contribution in [3.63, 3.8) is 0 Å². The second-order valence-corrected chi connectivity index (χ2v) is 7.69. The summed E-state index contributed by atoms with van der Waals surface area (Å²) in [6.45, 7) is 2.20. The number of imide groups is 1. The van der Waals surface area contributed by atoms with Gasteiger partial charge >= 0.3 is 0 Å². The van der Waals surface area contributed by atoms with Crippen LogP contribution >= 0.6 is 0 Å². The normalized spacial score (nSPS) is 18.3. The van der Waals surface area contributed by atoms with E-state index in [2.05, 4.69) is 20.6 Å². The molecule has 4 heterocycles. The van der Waals surface area contributed by atoms with Crippen LogP contribution in [-0.4, -0.2) is 48.6 Å². The Balaban J connectivity index is 1.43. The van der Waals surface area contributed by atoms with E-state index in [-0.39, 0.29) is 18.2 Å². The smallest absolute Gasteiger partial charge is 0.255 e. The minimum absolute atomic E-state index is 0.224. The number of pyridine rings is 1. The average Bonchev–Trinajstić information content (AvgIpc) is 3.35. The average molecular weight is 417 g/mol. The molecule has 2 aliphatic rings. The van der Waals surface area contributed by atoms with Crippen LogP contribution in [0.1, 0.15) is 34.5 Å². The van der Waals surface area contributed by atoms with E-state index in [0.717, 1.165) is 16.8 Å². The van der Waals surface area contributed by atoms with Crippen LogP contribution in [0.5, 0.6) is 0 Å². The molecule has 0 radical (unpaired) electrons. The number of anilines is 1. The molecule has 2 aromatic heterocycles. The minimum Gasteiger partial charge on any atom is -0.397 e. The first kappa shape index (κ1) is 18.9. The highest BCUT2D eigenvalue weighted by atomic mass is 16.2. The number of rotatable bonds is 3. The van der Waals surface area contributed by atoms with E-state index in [1.165, 1.54) is 4.90 Å². The maximum Gasteiger partial charge on any atom is 0.255 e. The molecule has 3 N–H and O–H groups in total. The fraction of sp³-hybridized carbons (Fsp3) is 0.238. The summed E-state index contributed by atoms with van der Waals surface area (Å²) in [5.74, 6) is -0.965. The van der Waals surface area contributed by atoms with E-state index < -0.39 is 11.9 Å². The summed E-state index contributed by atoms with van der Waals surface area (Å²) in [5, 5.41) is 10.7. The van der Waals surface area contributed by atoms with Crippen LogP contribution in [0, 0.1) is 6.92 Å². The second kappa shape index (κ2) is 7.01. The maximum absolute atomic E-state index is 13.0. The van der Waals surface area contributed by atoms with Crippen molar-refractivity contribution < 1.29 is 14.4 Å². The number of hydrogen-bond donors (Lipinski definition) is 2. The molecule has 1 atom stereocenters. The van der Waals surface area contributed by atoms with Gasteiger partial charge in [0.15, 0.2) is 0 Å². The number of nitrogens with two attached hydrogens (primary N) is 1. The molecule has 1 saturated heterocycles. The van der Waals surface area contributed by atoms with Crippen LogP contribution in [0.25, 0.3) is 16.9 Å². The van der Waals surface area contributed by atoms with Gasteiger partial charge < -0.3 is 10.6 Å². The number of benzene rings is 1. The minimum atomic E-state index is -0.641. The van der Waals surface area contributed by atoms with Crippen molar-refractivity contribution in [2.45, 2.75) is 32.4 Å². The molecular weight excluding hydrogens is 398 g/mol. The highest BCUT2D eigenvalue weighted by Gasteiger charge is 2.39. The molecule has 1 fully saturated rings. The fourth-order valence-corrected chi connectivity index (χ4v) is 4.01. The van der Waals surface area contributed by atoms with Crippen molar-refractivity contribution in [3.8, 4) is 16.9 Å². The summed E-state index contributed by atoms with van der Waals surface area (Å²) in [4.78, 5) is 42.4. The molecule has 0 spiro atoms. The van der Waals surface area contributed by atoms with Crippen molar-refractivity contribution in [2.24, 2.45) is 0 Å². The van der Waals surface area contributed by atoms with Gasteiger partial charge in [-0.05, 0) is 37.1 Å². The van der Waals surface area contributed by atoms with Gasteiger partial charge in [0, 0.05) is 29.8 Å². The molecule has 156 valence electrons. The number of aromatic nitrogens is 4. The van der Waals surface area contributed by atoms with Crippen LogP contribution in [-0.2, 0) is 16.1 Å². The first-order chi connectivity index (χ1) is 14.9. The zero-order valence-electron chi connectivity index (χ0n) is 16.7. The Labute approximate surface area is 177 Å². The maximum atomic E-state index is 13.0. The lowest BCUT2D eigenvalue weighted by molar-refractivity contribution is -0.136. The summed E-state index contributed by atoms with van der Waals surface area (Å²) in [5.41, 5.74) is 10.6. The molecular formula is C21H19N7O3. The molecule has 0 bridgehead atoms. The highest BCUT2D eigenvalue weighted by molar-refractivity contribution is 6.05. The lowest BCUT2D eigenvalue weighted by atomic mass is 10.0. The zero-order chi connectivity index (χ0) is 21.7. The lowest BCUT2D eigenvalue weighted by Gasteiger charge is -2.29. The summed E-state index contributed by atoms with van der Waals surface area (Å²) in [7, 11) is 0. The molecule has 3 amide bonds. The number of fused-ring (bicyclic) bond motifs is 1. The molecule has 0 aliphatic carbocycles. The number of piperidine rings is 1. The van der Waals surface area contributed by atoms with Crippen LogP contribution < -0.4 is 11.1 Å². The molecule has 10 nitrogen and oxygen atoms in total. The van der Waals surface area contributed by atoms with E-state index in [1.54, 1.807) is 29.2 Å². The number of carbonyl (C=O) groups excluding carboxylic acids is 3. The Morgan fingerprint density at radius 3 is 2.81 bits per heavy atom. The first-order valence-corrected chi connectivity index (χ1v) is 9.83. The van der Waals surface area contributed by atoms with Crippen LogP contribution in [0.4, 0.5) is 5.69 Å². The molecule has 2 aliphatic heterocycles. The molecule has 10 heteroatoms. The van der Waals surface area contributed by atoms with E-state index in [4.69, 9.17) is 5.73 Å². The number of amides is 3. The Morgan fingerprint density at radius 2 is 2.00 bits per heavy atom. The Bertz CT molecular complexity index is 1250. The van der Waals surface area contributed by atoms with Gasteiger partial charge in [0.25, 0.3) is 5.91 Å². The van der Waals surface area contributed by atoms with Gasteiger partial charge in [0.05, 0.1) is 23.8 Å². The summed E-state index contributed by atoms with van der Waals surface area (Å²) < 4.78 is 1.58. The van der Waals surface area contributed by atoms with Crippen molar-refractivity contribution in [3.05, 3.63) is 53.5 Å². The van der Waals surface area contributed by atoms with Gasteiger partial charge in [-0.25, -0.2) is 4.68 Å². The topological polar surface area (TPSA) is 136 Å². The predicted molar refractivity (Wildman–Crippen MR) is 110 cm³/mol. The quantitative estimate of drug-likeness (QED) is 0.606. The highest BCUT2D eigenvalue weighted by Crippen LogP contribution is 2.29. The van der Waals surface area contributed by atoms with Gasteiger partial charge in [-0.1, -0.05) is 11.3 Å². The van der Waals surface area contributed by atoms with E-state index in [0.29, 0.717) is 35.6 Å². The number of nitrogen functional groups attached to an aromatic ring is 1. The van der Waals surface area contributed by atoms with Gasteiger partial charge in [-0.2, -0.15) is 0 Å². The summed E-state index contributed by atoms with van der Waals surface area (Å²) in [6.07, 6.45) is 3.89. The van der Waals surface area contributed by atoms with Crippen LogP contribution in [0.15, 0.2) is 36.7 Å². The number of hydrogen-bond acceptors (Lipinski definition) is 7. The van der Waals surface area contributed by atoms with Crippen molar-refractivity contribution in [2.75, 3.05) is 5.73 Å². The SMILES string of the molecule is Cc1ncc(N)cc1-c1cn(-c2ccc3c(c2)C(=O)N(C2CCC(=O)NC2=O)C3)nn1. The van der Waals surface area contributed by atoms with Gasteiger partial charge in [0.2, 0.25) is 11.8 Å². The number of carbonyl (C=O) groups is 3. The largest absolute Gasteiger partial charge is 0.397 e. The molecule has 3 aromatic rings. The van der Waals surface area contributed by atoms with Crippen LogP contribution in [0.3, 0.4) is 0 Å². The predicted octanol–water partition coefficient (Wildman–Crippen LogP) is 0.981. The lowest BCUT2D eigenvalue weighted by Crippen LogP contribution is -2.52. The second-order valence-electron chi connectivity index (χ2n) is 7.69. The third-order valence-corrected chi connectivity index (χ3v) is 5.65. The summed E-state index contributed by atoms with van der Waals surface area (Å²) in [6, 6.07) is 6.59. The molecule has 31 heavy (non-hydrogen) atoms. The number of aryl methyl sites for hydroxylation is 1. The first-order valence-electron chi connectivity index (χ1n) is 9.83. The van der Waals surface area contributed by atoms with E-state index in [1.807, 2.05) is 19.1 Å². The Morgan fingerprint density at radius 1 is 1.16 bits per heavy atom. The molecule has 5 rings (SSSR count). The van der Waals surface area contributed by atoms with Crippen molar-refractivity contribution >= 4 is 23.4 Å². The van der Waals surface area contributed by atoms with Gasteiger partial charge in [0.1, 0.15) is 11.7 Å². The van der Waals surface area contributed by atoms with Crippen LogP contribution in [0.2, 0.25) is 0 Å². The standard InChI is InChI=1S/C21H19N7O3/c1-11-15(6-13(22)8-23-11)17-10-28(26-25-17)14-3-2-12-9-27(21(31)16(12)7-14)18-4-5-19(29)24-20(18)30/h2-3,6-8,10,18H,4-5,9,22H2,1H3,(H,24,29,30). The van der Waals surface area contributed by atoms with Gasteiger partial charge in [-0.3, -0.25) is 24.7 Å². The molecule has 1 unspecified atom stereocenters. The van der Waals surface area contributed by atoms with Crippen molar-refractivity contribution in [1.29, 1.82) is 0 Å². The number of nitrogens with one attached hydrogen (secondary N) is 1. The molecule has 1 aromatic carbocycles. The van der Waals surface area contributed by atoms with E-state index in [9.17, 15) is 14.4 Å².